The largest absolute Gasteiger partial charge is 0.497 e. The highest BCUT2D eigenvalue weighted by molar-refractivity contribution is 7.92. The van der Waals surface area contributed by atoms with Crippen molar-refractivity contribution in [3.8, 4) is 5.75 Å². The van der Waals surface area contributed by atoms with Gasteiger partial charge in [-0.05, 0) is 61.6 Å². The molecule has 0 heterocycles. The Bertz CT molecular complexity index is 1450. The number of sulfonamides is 1. The molecule has 0 aromatic heterocycles. The van der Waals surface area contributed by atoms with E-state index in [-0.39, 0.29) is 37.4 Å². The van der Waals surface area contributed by atoms with Crippen molar-refractivity contribution in [1.82, 2.24) is 10.2 Å². The Kier molecular flexibility index (Phi) is 11.2. The van der Waals surface area contributed by atoms with Crippen LogP contribution in [0.25, 0.3) is 0 Å². The number of ether oxygens (including phenoxy) is 1. The monoisotopic (exact) mass is 605 g/mol. The predicted molar refractivity (Wildman–Crippen MR) is 170 cm³/mol. The minimum absolute atomic E-state index is 0.0932. The predicted octanol–water partition coefficient (Wildman–Crippen LogP) is 5.25. The molecule has 0 saturated heterocycles. The summed E-state index contributed by atoms with van der Waals surface area (Å²) in [6, 6.07) is 23.9. The lowest BCUT2D eigenvalue weighted by atomic mass is 10.0. The lowest BCUT2D eigenvalue weighted by Gasteiger charge is -2.33. The molecule has 8 nitrogen and oxygen atoms in total. The maximum Gasteiger partial charge on any atom is 0.243 e. The quantitative estimate of drug-likeness (QED) is 0.271. The maximum atomic E-state index is 14.0. The summed E-state index contributed by atoms with van der Waals surface area (Å²) in [5, 5.41) is 3.23. The van der Waals surface area contributed by atoms with Crippen LogP contribution in [0, 0.1) is 6.92 Å². The van der Waals surface area contributed by atoms with Gasteiger partial charge in [-0.3, -0.25) is 13.9 Å². The second-order valence-electron chi connectivity index (χ2n) is 11.3. The number of benzene rings is 3. The second kappa shape index (κ2) is 15.0. The van der Waals surface area contributed by atoms with Crippen LogP contribution in [0.1, 0.15) is 55.2 Å². The van der Waals surface area contributed by atoms with Gasteiger partial charge in [0.25, 0.3) is 0 Å². The molecule has 1 atom stereocenters. The minimum Gasteiger partial charge on any atom is -0.497 e. The van der Waals surface area contributed by atoms with Crippen LogP contribution in [-0.2, 0) is 32.6 Å². The summed E-state index contributed by atoms with van der Waals surface area (Å²) in [6.07, 6.45) is 6.01. The first-order valence-electron chi connectivity index (χ1n) is 14.9. The molecule has 0 unspecified atom stereocenters. The molecule has 4 rings (SSSR count). The first-order chi connectivity index (χ1) is 20.6. The Balaban J connectivity index is 1.57. The van der Waals surface area contributed by atoms with Crippen molar-refractivity contribution in [3.05, 3.63) is 95.6 Å². The fourth-order valence-electron chi connectivity index (χ4n) is 5.68. The highest BCUT2D eigenvalue weighted by Gasteiger charge is 2.32. The van der Waals surface area contributed by atoms with Crippen molar-refractivity contribution in [2.24, 2.45) is 0 Å². The van der Waals surface area contributed by atoms with Crippen molar-refractivity contribution < 1.29 is 22.7 Å². The van der Waals surface area contributed by atoms with Crippen LogP contribution < -0.4 is 14.4 Å². The SMILES string of the molecule is COc1ccc(N(CCCC(=O)N(Cc2cccc(C)c2)[C@@H](Cc2ccccc2)C(=O)NC2CCCC2)S(C)(=O)=O)cc1. The van der Waals surface area contributed by atoms with Gasteiger partial charge in [0.2, 0.25) is 21.8 Å². The molecule has 0 spiro atoms. The third-order valence-corrected chi connectivity index (χ3v) is 9.11. The van der Waals surface area contributed by atoms with Crippen LogP contribution in [0.3, 0.4) is 0 Å². The molecule has 2 amide bonds. The van der Waals surface area contributed by atoms with Gasteiger partial charge in [-0.1, -0.05) is 73.0 Å². The number of nitrogens with zero attached hydrogens (tertiary/aromatic N) is 2. The lowest BCUT2D eigenvalue weighted by Crippen LogP contribution is -2.52. The van der Waals surface area contributed by atoms with E-state index in [0.717, 1.165) is 48.6 Å². The van der Waals surface area contributed by atoms with E-state index < -0.39 is 16.1 Å². The Morgan fingerprint density at radius 1 is 0.953 bits per heavy atom. The van der Waals surface area contributed by atoms with Gasteiger partial charge in [-0.2, -0.15) is 0 Å². The summed E-state index contributed by atoms with van der Waals surface area (Å²) in [5.41, 5.74) is 3.49. The smallest absolute Gasteiger partial charge is 0.243 e. The molecule has 3 aromatic rings. The molecule has 0 radical (unpaired) electrons. The van der Waals surface area contributed by atoms with E-state index in [1.807, 2.05) is 61.5 Å². The molecule has 230 valence electrons. The second-order valence-corrected chi connectivity index (χ2v) is 13.2. The molecule has 0 bridgehead atoms. The first kappa shape index (κ1) is 32.1. The van der Waals surface area contributed by atoms with Gasteiger partial charge in [0.15, 0.2) is 0 Å². The molecule has 1 fully saturated rings. The van der Waals surface area contributed by atoms with E-state index in [2.05, 4.69) is 5.32 Å². The van der Waals surface area contributed by atoms with Crippen LogP contribution in [0.4, 0.5) is 5.69 Å². The van der Waals surface area contributed by atoms with Crippen molar-refractivity contribution in [2.45, 2.75) is 70.5 Å². The normalized spacial score (nSPS) is 14.2. The molecular formula is C34H43N3O5S. The van der Waals surface area contributed by atoms with Crippen LogP contribution >= 0.6 is 0 Å². The number of nitrogens with one attached hydrogen (secondary N) is 1. The number of rotatable bonds is 14. The number of carbonyl (C=O) groups is 2. The fraction of sp³-hybridized carbons (Fsp3) is 0.412. The maximum absolute atomic E-state index is 14.0. The van der Waals surface area contributed by atoms with Gasteiger partial charge in [0, 0.05) is 32.0 Å². The van der Waals surface area contributed by atoms with Gasteiger partial charge in [0.05, 0.1) is 19.1 Å². The van der Waals surface area contributed by atoms with Crippen LogP contribution in [0.2, 0.25) is 0 Å². The third-order valence-electron chi connectivity index (χ3n) is 7.92. The number of amides is 2. The van der Waals surface area contributed by atoms with E-state index in [1.165, 1.54) is 4.31 Å². The average Bonchev–Trinajstić information content (AvgIpc) is 3.50. The number of carbonyl (C=O) groups excluding carboxylic acids is 2. The highest BCUT2D eigenvalue weighted by atomic mass is 32.2. The standard InChI is InChI=1S/C34H43N3O5S/c1-26-11-9-14-28(23-26)25-36(32(24-27-12-5-4-6-13-27)34(39)35-29-15-7-8-16-29)33(38)17-10-22-37(43(3,40)41)30-18-20-31(42-2)21-19-30/h4-6,9,11-14,18-21,23,29,32H,7-8,10,15-17,22,24-25H2,1-3H3,(H,35,39)/t32-/m0/s1. The van der Waals surface area contributed by atoms with E-state index in [9.17, 15) is 18.0 Å². The van der Waals surface area contributed by atoms with Crippen LogP contribution in [-0.4, -0.2) is 57.1 Å². The summed E-state index contributed by atoms with van der Waals surface area (Å²) in [5.74, 6) is 0.291. The van der Waals surface area contributed by atoms with Gasteiger partial charge in [-0.25, -0.2) is 8.42 Å². The molecule has 1 aliphatic carbocycles. The third kappa shape index (κ3) is 9.32. The van der Waals surface area contributed by atoms with Crippen LogP contribution in [0.5, 0.6) is 5.75 Å². The molecule has 1 aliphatic rings. The Labute approximate surface area is 256 Å². The Hall–Kier alpha value is -3.85. The van der Waals surface area contributed by atoms with E-state index >= 15 is 0 Å². The van der Waals surface area contributed by atoms with Gasteiger partial charge < -0.3 is 15.0 Å². The molecule has 43 heavy (non-hydrogen) atoms. The van der Waals surface area contributed by atoms with E-state index in [0.29, 0.717) is 24.3 Å². The number of methoxy groups -OCH3 is 1. The van der Waals surface area contributed by atoms with Crippen molar-refractivity contribution in [3.63, 3.8) is 0 Å². The van der Waals surface area contributed by atoms with Crippen molar-refractivity contribution >= 4 is 27.5 Å². The van der Waals surface area contributed by atoms with Gasteiger partial charge in [-0.15, -0.1) is 0 Å². The molecule has 1 N–H and O–H groups in total. The summed E-state index contributed by atoms with van der Waals surface area (Å²) >= 11 is 0. The topological polar surface area (TPSA) is 96.0 Å². The summed E-state index contributed by atoms with van der Waals surface area (Å²) in [7, 11) is -2.04. The Morgan fingerprint density at radius 3 is 2.26 bits per heavy atom. The average molecular weight is 606 g/mol. The molecule has 9 heteroatoms. The number of hydrogen-bond donors (Lipinski definition) is 1. The van der Waals surface area contributed by atoms with Crippen LogP contribution in [0.15, 0.2) is 78.9 Å². The van der Waals surface area contributed by atoms with Gasteiger partial charge in [0.1, 0.15) is 11.8 Å². The molecule has 0 aliphatic heterocycles. The summed E-state index contributed by atoms with van der Waals surface area (Å²) in [6.45, 7) is 2.42. The fourth-order valence-corrected chi connectivity index (χ4v) is 6.65. The number of anilines is 1. The zero-order valence-corrected chi connectivity index (χ0v) is 26.2. The minimum atomic E-state index is -3.59. The Morgan fingerprint density at radius 2 is 1.63 bits per heavy atom. The summed E-state index contributed by atoms with van der Waals surface area (Å²) < 4.78 is 31.9. The first-order valence-corrected chi connectivity index (χ1v) is 16.8. The zero-order chi connectivity index (χ0) is 30.8. The van der Waals surface area contributed by atoms with Crippen molar-refractivity contribution in [2.75, 3.05) is 24.2 Å². The number of hydrogen-bond acceptors (Lipinski definition) is 5. The molecular weight excluding hydrogens is 562 g/mol. The number of aryl methyl sites for hydroxylation is 1. The van der Waals surface area contributed by atoms with E-state index in [4.69, 9.17) is 4.74 Å². The van der Waals surface area contributed by atoms with E-state index in [1.54, 1.807) is 36.3 Å². The molecule has 3 aromatic carbocycles. The van der Waals surface area contributed by atoms with Gasteiger partial charge >= 0.3 is 0 Å². The highest BCUT2D eigenvalue weighted by Crippen LogP contribution is 2.24. The lowest BCUT2D eigenvalue weighted by molar-refractivity contribution is -0.141. The zero-order valence-electron chi connectivity index (χ0n) is 25.4. The van der Waals surface area contributed by atoms with Crippen molar-refractivity contribution in [1.29, 1.82) is 0 Å². The summed E-state index contributed by atoms with van der Waals surface area (Å²) in [4.78, 5) is 29.6. The molecule has 1 saturated carbocycles.